The Hall–Kier alpha value is -2.13. The van der Waals surface area contributed by atoms with Crippen molar-refractivity contribution in [2.24, 2.45) is 5.92 Å². The van der Waals surface area contributed by atoms with Gasteiger partial charge in [0.15, 0.2) is 6.10 Å². The van der Waals surface area contributed by atoms with Crippen LogP contribution in [0.3, 0.4) is 0 Å². The van der Waals surface area contributed by atoms with Crippen LogP contribution >= 0.6 is 0 Å². The maximum atomic E-state index is 11.6. The summed E-state index contributed by atoms with van der Waals surface area (Å²) in [5, 5.41) is 40.4. The summed E-state index contributed by atoms with van der Waals surface area (Å²) in [5.41, 5.74) is 2.80. The van der Waals surface area contributed by atoms with E-state index in [2.05, 4.69) is 39.8 Å². The van der Waals surface area contributed by atoms with Crippen LogP contribution in [0.2, 0.25) is 0 Å². The molecule has 35 heavy (non-hydrogen) atoms. The summed E-state index contributed by atoms with van der Waals surface area (Å²) in [5.74, 6) is 0.0838. The third-order valence-corrected chi connectivity index (χ3v) is 7.67. The van der Waals surface area contributed by atoms with Gasteiger partial charge in [0.05, 0.1) is 0 Å². The Balaban J connectivity index is 1.75. The summed E-state index contributed by atoms with van der Waals surface area (Å²) in [7, 11) is 0. The molecule has 7 atom stereocenters. The minimum atomic E-state index is -1.77. The van der Waals surface area contributed by atoms with E-state index >= 15 is 0 Å². The Morgan fingerprint density at radius 2 is 1.89 bits per heavy atom. The van der Waals surface area contributed by atoms with Gasteiger partial charge in [0, 0.05) is 17.4 Å². The molecule has 4 rings (SSSR count). The normalized spacial score (nSPS) is 33.7. The van der Waals surface area contributed by atoms with E-state index in [-0.39, 0.29) is 17.4 Å². The van der Waals surface area contributed by atoms with Crippen LogP contribution in [0.4, 0.5) is 0 Å². The highest BCUT2D eigenvalue weighted by molar-refractivity contribution is 5.73. The molecular weight excluding hydrogens is 452 g/mol. The minimum absolute atomic E-state index is 0.116. The number of hydrogen-bond acceptors (Lipinski definition) is 7. The van der Waals surface area contributed by atoms with Gasteiger partial charge in [0.25, 0.3) is 0 Å². The molecule has 0 radical (unpaired) electrons. The molecule has 0 bridgehead atoms. The fourth-order valence-corrected chi connectivity index (χ4v) is 5.70. The highest BCUT2D eigenvalue weighted by atomic mass is 16.7. The molecule has 1 aromatic rings. The second-order valence-corrected chi connectivity index (χ2v) is 10.7. The topological polar surface area (TPSA) is 126 Å². The molecule has 194 valence electrons. The second-order valence-electron chi connectivity index (χ2n) is 10.7. The number of unbranched alkanes of at least 4 members (excludes halogenated alkanes) is 2. The van der Waals surface area contributed by atoms with Gasteiger partial charge >= 0.3 is 5.97 Å². The van der Waals surface area contributed by atoms with Gasteiger partial charge in [0.1, 0.15) is 35.4 Å². The predicted molar refractivity (Wildman–Crippen MR) is 129 cm³/mol. The summed E-state index contributed by atoms with van der Waals surface area (Å²) in [6.45, 7) is 8.47. The lowest BCUT2D eigenvalue weighted by molar-refractivity contribution is -0.271. The van der Waals surface area contributed by atoms with E-state index in [9.17, 15) is 25.2 Å². The molecule has 8 nitrogen and oxygen atoms in total. The lowest BCUT2D eigenvalue weighted by atomic mass is 9.67. The van der Waals surface area contributed by atoms with E-state index in [4.69, 9.17) is 14.2 Å². The summed E-state index contributed by atoms with van der Waals surface area (Å²) < 4.78 is 18.1. The molecular formula is C27H38O8. The maximum Gasteiger partial charge on any atom is 0.335 e. The number of hydrogen-bond donors (Lipinski definition) is 4. The summed E-state index contributed by atoms with van der Waals surface area (Å²) in [4.78, 5) is 11.6. The molecule has 0 amide bonds. The molecule has 0 saturated carbocycles. The number of aliphatic hydroxyl groups excluding tert-OH is 3. The van der Waals surface area contributed by atoms with Crippen LogP contribution < -0.4 is 9.47 Å². The molecule has 8 heteroatoms. The van der Waals surface area contributed by atoms with E-state index < -0.39 is 36.7 Å². The van der Waals surface area contributed by atoms with Crippen molar-refractivity contribution >= 4 is 5.97 Å². The van der Waals surface area contributed by atoms with Crippen LogP contribution in [0.25, 0.3) is 0 Å². The zero-order chi connectivity index (χ0) is 25.5. The molecule has 4 N–H and O–H groups in total. The van der Waals surface area contributed by atoms with Crippen molar-refractivity contribution in [1.29, 1.82) is 0 Å². The number of carbonyl (C=O) groups is 1. The van der Waals surface area contributed by atoms with Gasteiger partial charge in [-0.25, -0.2) is 4.79 Å². The summed E-state index contributed by atoms with van der Waals surface area (Å²) in [6.07, 6.45) is -0.333. The first-order valence-corrected chi connectivity index (χ1v) is 12.6. The summed E-state index contributed by atoms with van der Waals surface area (Å²) in [6, 6.07) is 3.99. The number of fused-ring (bicyclic) bond motifs is 3. The Morgan fingerprint density at radius 3 is 2.57 bits per heavy atom. The van der Waals surface area contributed by atoms with Crippen LogP contribution in [0.5, 0.6) is 11.5 Å². The van der Waals surface area contributed by atoms with Crippen molar-refractivity contribution in [1.82, 2.24) is 0 Å². The smallest absolute Gasteiger partial charge is 0.335 e. The maximum absolute atomic E-state index is 11.6. The predicted octanol–water partition coefficient (Wildman–Crippen LogP) is 3.30. The SMILES string of the molecule is CCCCCc1cc(OC2OC(C(=O)O)C(O)C(O)C2O)c2c(c1)OC(C)(C)C1CC=C(C)CC21. The van der Waals surface area contributed by atoms with E-state index in [0.717, 1.165) is 55.4 Å². The summed E-state index contributed by atoms with van der Waals surface area (Å²) >= 11 is 0. The Labute approximate surface area is 206 Å². The quantitative estimate of drug-likeness (QED) is 0.339. The molecule has 1 saturated heterocycles. The Morgan fingerprint density at radius 1 is 1.14 bits per heavy atom. The highest BCUT2D eigenvalue weighted by Crippen LogP contribution is 2.54. The van der Waals surface area contributed by atoms with Crippen LogP contribution in [-0.4, -0.2) is 62.7 Å². The van der Waals surface area contributed by atoms with Crippen molar-refractivity contribution in [2.75, 3.05) is 0 Å². The zero-order valence-corrected chi connectivity index (χ0v) is 20.9. The molecule has 2 aliphatic heterocycles. The van der Waals surface area contributed by atoms with E-state index in [1.165, 1.54) is 5.57 Å². The third-order valence-electron chi connectivity index (χ3n) is 7.67. The largest absolute Gasteiger partial charge is 0.487 e. The third kappa shape index (κ3) is 5.07. The number of rotatable bonds is 7. The average molecular weight is 491 g/mol. The Bertz CT molecular complexity index is 970. The molecule has 3 aliphatic rings. The number of aliphatic hydroxyl groups is 3. The van der Waals surface area contributed by atoms with E-state index in [0.29, 0.717) is 5.75 Å². The first kappa shape index (κ1) is 25.9. The van der Waals surface area contributed by atoms with E-state index in [1.807, 2.05) is 6.07 Å². The van der Waals surface area contributed by atoms with Gasteiger partial charge in [-0.15, -0.1) is 0 Å². The first-order chi connectivity index (χ1) is 16.5. The van der Waals surface area contributed by atoms with Crippen molar-refractivity contribution in [2.45, 2.75) is 108 Å². The van der Waals surface area contributed by atoms with Gasteiger partial charge in [-0.1, -0.05) is 31.4 Å². The molecule has 2 heterocycles. The van der Waals surface area contributed by atoms with E-state index in [1.54, 1.807) is 0 Å². The number of benzene rings is 1. The molecule has 1 aromatic carbocycles. The number of aryl methyl sites for hydroxylation is 1. The van der Waals surface area contributed by atoms with Crippen molar-refractivity contribution in [3.63, 3.8) is 0 Å². The number of allylic oxidation sites excluding steroid dienone is 2. The van der Waals surface area contributed by atoms with Crippen molar-refractivity contribution in [3.05, 3.63) is 34.9 Å². The molecule has 1 fully saturated rings. The lowest BCUT2D eigenvalue weighted by Gasteiger charge is -2.47. The van der Waals surface area contributed by atoms with Gasteiger partial charge < -0.3 is 34.6 Å². The van der Waals surface area contributed by atoms with Gasteiger partial charge in [-0.3, -0.25) is 0 Å². The van der Waals surface area contributed by atoms with Crippen LogP contribution in [-0.2, 0) is 16.0 Å². The van der Waals surface area contributed by atoms with Crippen LogP contribution in [0.1, 0.15) is 76.8 Å². The highest BCUT2D eigenvalue weighted by Gasteiger charge is 2.50. The van der Waals surface area contributed by atoms with Gasteiger partial charge in [-0.05, 0) is 64.2 Å². The van der Waals surface area contributed by atoms with Crippen molar-refractivity contribution in [3.8, 4) is 11.5 Å². The second kappa shape index (κ2) is 10.1. The zero-order valence-electron chi connectivity index (χ0n) is 20.9. The number of carboxylic acids is 1. The minimum Gasteiger partial charge on any atom is -0.487 e. The molecule has 7 unspecified atom stereocenters. The van der Waals surface area contributed by atoms with Crippen molar-refractivity contribution < 1.29 is 39.4 Å². The molecule has 0 aromatic heterocycles. The first-order valence-electron chi connectivity index (χ1n) is 12.6. The fourth-order valence-electron chi connectivity index (χ4n) is 5.70. The monoisotopic (exact) mass is 490 g/mol. The number of ether oxygens (including phenoxy) is 3. The average Bonchev–Trinajstić information content (AvgIpc) is 2.78. The van der Waals surface area contributed by atoms with Gasteiger partial charge in [0.2, 0.25) is 6.29 Å². The van der Waals surface area contributed by atoms with Crippen LogP contribution in [0.15, 0.2) is 23.8 Å². The number of aliphatic carboxylic acids is 1. The van der Waals surface area contributed by atoms with Crippen LogP contribution in [0, 0.1) is 5.92 Å². The molecule has 1 aliphatic carbocycles. The lowest BCUT2D eigenvalue weighted by Crippen LogP contribution is -2.61. The molecule has 0 spiro atoms. The van der Waals surface area contributed by atoms with Gasteiger partial charge in [-0.2, -0.15) is 0 Å². The fraction of sp³-hybridized carbons (Fsp3) is 0.667. The number of carboxylic acid groups (broad SMARTS) is 1. The standard InChI is InChI=1S/C27H38O8/c1-5-6-7-8-15-12-18(33-26-23(30)21(28)22(29)24(34-26)25(31)32)20-16-11-14(2)9-10-17(16)27(3,4)35-19(20)13-15/h9,12-13,16-17,21-24,26,28-30H,5-8,10-11H2,1-4H3,(H,31,32). The Kier molecular flexibility index (Phi) is 7.48.